The van der Waals surface area contributed by atoms with Crippen molar-refractivity contribution < 1.29 is 0 Å². The van der Waals surface area contributed by atoms with E-state index >= 15 is 0 Å². The number of hydrogen-bond donors (Lipinski definition) is 1. The second-order valence-corrected chi connectivity index (χ2v) is 6.54. The summed E-state index contributed by atoms with van der Waals surface area (Å²) >= 11 is 3.67. The molecule has 5 heteroatoms. The molecule has 0 radical (unpaired) electrons. The molecular formula is C15H25BrN4. The summed E-state index contributed by atoms with van der Waals surface area (Å²) < 4.78 is 1.13. The SMILES string of the molecule is Cc1ccnc(N2CCCN(CC(C)CN)CC2)c1Br. The van der Waals surface area contributed by atoms with Crippen LogP contribution in [0, 0.1) is 12.8 Å². The lowest BCUT2D eigenvalue weighted by Crippen LogP contribution is -2.35. The molecule has 1 fully saturated rings. The number of pyridine rings is 1. The van der Waals surface area contributed by atoms with Gasteiger partial charge < -0.3 is 15.5 Å². The molecule has 1 aliphatic rings. The van der Waals surface area contributed by atoms with Crippen molar-refractivity contribution in [2.75, 3.05) is 44.2 Å². The highest BCUT2D eigenvalue weighted by molar-refractivity contribution is 9.10. The quantitative estimate of drug-likeness (QED) is 0.913. The van der Waals surface area contributed by atoms with Crippen molar-refractivity contribution in [3.63, 3.8) is 0 Å². The molecular weight excluding hydrogens is 316 g/mol. The predicted octanol–water partition coefficient (Wildman–Crippen LogP) is 2.26. The molecule has 0 bridgehead atoms. The Hall–Kier alpha value is -0.650. The molecule has 1 atom stereocenters. The first kappa shape index (κ1) is 15.7. The molecule has 0 aromatic carbocycles. The van der Waals surface area contributed by atoms with Gasteiger partial charge in [-0.2, -0.15) is 0 Å². The van der Waals surface area contributed by atoms with Crippen LogP contribution in [0.2, 0.25) is 0 Å². The Morgan fingerprint density at radius 2 is 2.15 bits per heavy atom. The van der Waals surface area contributed by atoms with Crippen molar-refractivity contribution in [2.45, 2.75) is 20.3 Å². The average Bonchev–Trinajstić information content (AvgIpc) is 2.67. The summed E-state index contributed by atoms with van der Waals surface area (Å²) in [6.07, 6.45) is 3.08. The monoisotopic (exact) mass is 340 g/mol. The Labute approximate surface area is 130 Å². The smallest absolute Gasteiger partial charge is 0.143 e. The highest BCUT2D eigenvalue weighted by Gasteiger charge is 2.19. The van der Waals surface area contributed by atoms with Crippen molar-refractivity contribution >= 4 is 21.7 Å². The van der Waals surface area contributed by atoms with Crippen molar-refractivity contribution in [3.05, 3.63) is 22.3 Å². The van der Waals surface area contributed by atoms with Gasteiger partial charge in [-0.05, 0) is 59.9 Å². The summed E-state index contributed by atoms with van der Waals surface area (Å²) in [7, 11) is 0. The van der Waals surface area contributed by atoms with Gasteiger partial charge in [-0.15, -0.1) is 0 Å². The molecule has 2 rings (SSSR count). The van der Waals surface area contributed by atoms with E-state index < -0.39 is 0 Å². The fraction of sp³-hybridized carbons (Fsp3) is 0.667. The van der Waals surface area contributed by atoms with Crippen LogP contribution in [0.15, 0.2) is 16.7 Å². The summed E-state index contributed by atoms with van der Waals surface area (Å²) in [6, 6.07) is 2.04. The predicted molar refractivity (Wildman–Crippen MR) is 88.2 cm³/mol. The summed E-state index contributed by atoms with van der Waals surface area (Å²) in [5.41, 5.74) is 6.97. The minimum absolute atomic E-state index is 0.574. The van der Waals surface area contributed by atoms with Crippen LogP contribution in [0.25, 0.3) is 0 Å². The van der Waals surface area contributed by atoms with Crippen LogP contribution in [0.3, 0.4) is 0 Å². The number of rotatable bonds is 4. The third-order valence-corrected chi connectivity index (χ3v) is 4.90. The Morgan fingerprint density at radius 1 is 1.35 bits per heavy atom. The molecule has 1 unspecified atom stereocenters. The fourth-order valence-electron chi connectivity index (χ4n) is 2.63. The van der Waals surface area contributed by atoms with Crippen LogP contribution in [0.4, 0.5) is 5.82 Å². The Bertz CT molecular complexity index is 438. The van der Waals surface area contributed by atoms with Crippen LogP contribution in [0.5, 0.6) is 0 Å². The van der Waals surface area contributed by atoms with Crippen LogP contribution in [-0.2, 0) is 0 Å². The van der Waals surface area contributed by atoms with Gasteiger partial charge in [0.15, 0.2) is 0 Å². The number of halogens is 1. The molecule has 4 nitrogen and oxygen atoms in total. The van der Waals surface area contributed by atoms with Gasteiger partial charge in [0.05, 0.1) is 4.47 Å². The maximum absolute atomic E-state index is 5.73. The molecule has 0 spiro atoms. The number of anilines is 1. The first-order valence-electron chi connectivity index (χ1n) is 7.40. The number of nitrogens with two attached hydrogens (primary N) is 1. The summed E-state index contributed by atoms with van der Waals surface area (Å²) in [5.74, 6) is 1.66. The minimum Gasteiger partial charge on any atom is -0.354 e. The zero-order valence-corrected chi connectivity index (χ0v) is 14.1. The van der Waals surface area contributed by atoms with E-state index in [9.17, 15) is 0 Å². The van der Waals surface area contributed by atoms with E-state index in [0.29, 0.717) is 5.92 Å². The van der Waals surface area contributed by atoms with Gasteiger partial charge in [-0.1, -0.05) is 6.92 Å². The summed E-state index contributed by atoms with van der Waals surface area (Å²) in [5, 5.41) is 0. The third-order valence-electron chi connectivity index (χ3n) is 3.92. The number of hydrogen-bond acceptors (Lipinski definition) is 4. The van der Waals surface area contributed by atoms with Crippen molar-refractivity contribution in [2.24, 2.45) is 11.7 Å². The molecule has 2 heterocycles. The molecule has 0 amide bonds. The van der Waals surface area contributed by atoms with E-state index in [2.05, 4.69) is 44.6 Å². The molecule has 0 saturated carbocycles. The largest absolute Gasteiger partial charge is 0.354 e. The zero-order chi connectivity index (χ0) is 14.5. The second-order valence-electron chi connectivity index (χ2n) is 5.75. The van der Waals surface area contributed by atoms with E-state index in [4.69, 9.17) is 5.73 Å². The second kappa shape index (κ2) is 7.38. The Balaban J connectivity index is 2.00. The van der Waals surface area contributed by atoms with Crippen LogP contribution in [0.1, 0.15) is 18.9 Å². The van der Waals surface area contributed by atoms with Crippen molar-refractivity contribution in [1.29, 1.82) is 0 Å². The van der Waals surface area contributed by atoms with E-state index in [0.717, 1.165) is 49.6 Å². The summed E-state index contributed by atoms with van der Waals surface area (Å²) in [4.78, 5) is 9.47. The minimum atomic E-state index is 0.574. The van der Waals surface area contributed by atoms with E-state index in [1.807, 2.05) is 12.3 Å². The highest BCUT2D eigenvalue weighted by atomic mass is 79.9. The first-order chi connectivity index (χ1) is 9.61. The molecule has 1 saturated heterocycles. The fourth-order valence-corrected chi connectivity index (χ4v) is 3.11. The van der Waals surface area contributed by atoms with Gasteiger partial charge in [0.2, 0.25) is 0 Å². The molecule has 1 aliphatic heterocycles. The van der Waals surface area contributed by atoms with Gasteiger partial charge in [0.25, 0.3) is 0 Å². The van der Waals surface area contributed by atoms with Gasteiger partial charge in [-0.25, -0.2) is 4.98 Å². The van der Waals surface area contributed by atoms with E-state index in [1.54, 1.807) is 0 Å². The number of aromatic nitrogens is 1. The molecule has 112 valence electrons. The molecule has 20 heavy (non-hydrogen) atoms. The zero-order valence-electron chi connectivity index (χ0n) is 12.5. The van der Waals surface area contributed by atoms with Gasteiger partial charge in [0.1, 0.15) is 5.82 Å². The van der Waals surface area contributed by atoms with Crippen molar-refractivity contribution in [1.82, 2.24) is 9.88 Å². The van der Waals surface area contributed by atoms with Crippen molar-refractivity contribution in [3.8, 4) is 0 Å². The maximum atomic E-state index is 5.73. The first-order valence-corrected chi connectivity index (χ1v) is 8.19. The van der Waals surface area contributed by atoms with Crippen LogP contribution >= 0.6 is 15.9 Å². The van der Waals surface area contributed by atoms with Gasteiger partial charge >= 0.3 is 0 Å². The Morgan fingerprint density at radius 3 is 2.90 bits per heavy atom. The van der Waals surface area contributed by atoms with Gasteiger partial charge in [-0.3, -0.25) is 0 Å². The lowest BCUT2D eigenvalue weighted by molar-refractivity contribution is 0.255. The molecule has 0 aliphatic carbocycles. The lowest BCUT2D eigenvalue weighted by Gasteiger charge is -2.25. The third kappa shape index (κ3) is 3.93. The molecule has 1 aromatic rings. The highest BCUT2D eigenvalue weighted by Crippen LogP contribution is 2.27. The van der Waals surface area contributed by atoms with Gasteiger partial charge in [0, 0.05) is 32.4 Å². The molecule has 2 N–H and O–H groups in total. The normalized spacial score (nSPS) is 18.9. The Kier molecular flexibility index (Phi) is 5.81. The molecule has 1 aromatic heterocycles. The average molecular weight is 341 g/mol. The van der Waals surface area contributed by atoms with Crippen LogP contribution < -0.4 is 10.6 Å². The standard InChI is InChI=1S/C15H25BrN4/c1-12(10-17)11-19-6-3-7-20(9-8-19)15-14(16)13(2)4-5-18-15/h4-5,12H,3,6-11,17H2,1-2H3. The topological polar surface area (TPSA) is 45.4 Å². The summed E-state index contributed by atoms with van der Waals surface area (Å²) in [6.45, 7) is 10.6. The number of aryl methyl sites for hydroxylation is 1. The lowest BCUT2D eigenvalue weighted by atomic mass is 10.1. The van der Waals surface area contributed by atoms with E-state index in [1.165, 1.54) is 12.0 Å². The number of nitrogens with zero attached hydrogens (tertiary/aromatic N) is 3. The van der Waals surface area contributed by atoms with E-state index in [-0.39, 0.29) is 0 Å². The maximum Gasteiger partial charge on any atom is 0.143 e. The van der Waals surface area contributed by atoms with Crippen LogP contribution in [-0.4, -0.2) is 49.2 Å².